The van der Waals surface area contributed by atoms with Crippen LogP contribution >= 0.6 is 0 Å². The molecular weight excluding hydrogens is 326 g/mol. The number of amides is 1. The Morgan fingerprint density at radius 3 is 2.62 bits per heavy atom. The Morgan fingerprint density at radius 2 is 1.85 bits per heavy atom. The Bertz CT molecular complexity index is 1060. The lowest BCUT2D eigenvalue weighted by molar-refractivity contribution is 0.0824. The van der Waals surface area contributed by atoms with Crippen LogP contribution in [0.1, 0.15) is 16.1 Å². The predicted molar refractivity (Wildman–Crippen MR) is 100.0 cm³/mol. The molecule has 0 atom stereocenters. The van der Waals surface area contributed by atoms with E-state index in [1.807, 2.05) is 57.8 Å². The summed E-state index contributed by atoms with van der Waals surface area (Å²) >= 11 is 0. The van der Waals surface area contributed by atoms with E-state index < -0.39 is 0 Å². The van der Waals surface area contributed by atoms with Crippen LogP contribution in [0, 0.1) is 0 Å². The van der Waals surface area contributed by atoms with Gasteiger partial charge in [0.05, 0.1) is 11.8 Å². The molecule has 0 saturated heterocycles. The van der Waals surface area contributed by atoms with Crippen molar-refractivity contribution in [2.45, 2.75) is 6.54 Å². The lowest BCUT2D eigenvalue weighted by Crippen LogP contribution is -2.22. The summed E-state index contributed by atoms with van der Waals surface area (Å²) in [7, 11) is 3.45. The van der Waals surface area contributed by atoms with Gasteiger partial charge in [0.15, 0.2) is 11.5 Å². The summed E-state index contributed by atoms with van der Waals surface area (Å²) < 4.78 is 3.92. The largest absolute Gasteiger partial charge is 0.343 e. The molecule has 1 amide bonds. The first kappa shape index (κ1) is 16.1. The minimum Gasteiger partial charge on any atom is -0.343 e. The molecule has 0 saturated carbocycles. The second kappa shape index (κ2) is 6.48. The van der Waals surface area contributed by atoms with E-state index in [-0.39, 0.29) is 5.91 Å². The zero-order valence-corrected chi connectivity index (χ0v) is 14.7. The standard InChI is InChI=1S/C20H19N5O/c1-23(2)20(26)18-17-10-6-7-11-25(17)19(22-18)16-13-24(14-21-16)12-15-8-4-3-5-9-15/h3-11,13-14H,12H2,1-2H3. The molecule has 6 nitrogen and oxygen atoms in total. The van der Waals surface area contributed by atoms with Crippen LogP contribution in [0.4, 0.5) is 0 Å². The van der Waals surface area contributed by atoms with E-state index in [1.165, 1.54) is 10.5 Å². The maximum atomic E-state index is 12.5. The molecule has 4 rings (SSSR count). The second-order valence-electron chi connectivity index (χ2n) is 6.36. The van der Waals surface area contributed by atoms with Crippen LogP contribution in [0.2, 0.25) is 0 Å². The van der Waals surface area contributed by atoms with Crippen LogP contribution in [-0.2, 0) is 6.54 Å². The van der Waals surface area contributed by atoms with Gasteiger partial charge in [-0.25, -0.2) is 9.97 Å². The van der Waals surface area contributed by atoms with E-state index in [0.29, 0.717) is 11.5 Å². The summed E-state index contributed by atoms with van der Waals surface area (Å²) in [6.45, 7) is 0.737. The molecule has 6 heteroatoms. The van der Waals surface area contributed by atoms with Crippen LogP contribution in [0.3, 0.4) is 0 Å². The highest BCUT2D eigenvalue weighted by molar-refractivity contribution is 5.99. The highest BCUT2D eigenvalue weighted by Gasteiger charge is 2.20. The molecular formula is C20H19N5O. The molecule has 0 aliphatic heterocycles. The van der Waals surface area contributed by atoms with Gasteiger partial charge in [-0.15, -0.1) is 0 Å². The lowest BCUT2D eigenvalue weighted by atomic mass is 10.2. The van der Waals surface area contributed by atoms with Gasteiger partial charge in [-0.05, 0) is 17.7 Å². The first-order chi connectivity index (χ1) is 12.6. The van der Waals surface area contributed by atoms with E-state index in [9.17, 15) is 4.79 Å². The van der Waals surface area contributed by atoms with Crippen molar-refractivity contribution in [3.63, 3.8) is 0 Å². The molecule has 3 heterocycles. The van der Waals surface area contributed by atoms with Crippen LogP contribution < -0.4 is 0 Å². The van der Waals surface area contributed by atoms with Gasteiger partial charge in [0.25, 0.3) is 5.91 Å². The van der Waals surface area contributed by atoms with Crippen molar-refractivity contribution in [3.8, 4) is 11.5 Å². The molecule has 0 radical (unpaired) electrons. The quantitative estimate of drug-likeness (QED) is 0.571. The van der Waals surface area contributed by atoms with E-state index in [4.69, 9.17) is 0 Å². The van der Waals surface area contributed by atoms with Gasteiger partial charge in [-0.3, -0.25) is 9.20 Å². The van der Waals surface area contributed by atoms with Gasteiger partial charge < -0.3 is 9.47 Å². The third-order valence-electron chi connectivity index (χ3n) is 4.23. The summed E-state index contributed by atoms with van der Waals surface area (Å²) in [5.41, 5.74) is 3.15. The average Bonchev–Trinajstić information content (AvgIpc) is 3.26. The van der Waals surface area contributed by atoms with Crippen molar-refractivity contribution < 1.29 is 4.79 Å². The zero-order chi connectivity index (χ0) is 18.1. The molecule has 0 N–H and O–H groups in total. The number of benzene rings is 1. The Labute approximate surface area is 151 Å². The fraction of sp³-hybridized carbons (Fsp3) is 0.150. The lowest BCUT2D eigenvalue weighted by Gasteiger charge is -2.07. The van der Waals surface area contributed by atoms with Gasteiger partial charge in [0, 0.05) is 33.0 Å². The molecule has 0 unspecified atom stereocenters. The fourth-order valence-corrected chi connectivity index (χ4v) is 2.94. The Morgan fingerprint density at radius 1 is 1.08 bits per heavy atom. The summed E-state index contributed by atoms with van der Waals surface area (Å²) in [6.07, 6.45) is 5.65. The minimum absolute atomic E-state index is 0.122. The maximum absolute atomic E-state index is 12.5. The summed E-state index contributed by atoms with van der Waals surface area (Å²) in [5.74, 6) is 0.543. The average molecular weight is 345 g/mol. The predicted octanol–water partition coefficient (Wildman–Crippen LogP) is 2.95. The van der Waals surface area contributed by atoms with E-state index in [1.54, 1.807) is 20.4 Å². The molecule has 0 spiro atoms. The van der Waals surface area contributed by atoms with Crippen molar-refractivity contribution in [3.05, 3.63) is 78.5 Å². The third kappa shape index (κ3) is 2.86. The van der Waals surface area contributed by atoms with Crippen molar-refractivity contribution in [1.82, 2.24) is 23.8 Å². The number of imidazole rings is 2. The molecule has 0 aliphatic rings. The van der Waals surface area contributed by atoms with Gasteiger partial charge in [0.2, 0.25) is 0 Å². The number of nitrogens with zero attached hydrogens (tertiary/aromatic N) is 5. The van der Waals surface area contributed by atoms with Crippen molar-refractivity contribution in [2.24, 2.45) is 0 Å². The Balaban J connectivity index is 1.74. The smallest absolute Gasteiger partial charge is 0.274 e. The molecule has 0 fully saturated rings. The van der Waals surface area contributed by atoms with Crippen LogP contribution in [0.25, 0.3) is 17.0 Å². The number of hydrogen-bond acceptors (Lipinski definition) is 3. The molecule has 3 aromatic heterocycles. The number of fused-ring (bicyclic) bond motifs is 1. The summed E-state index contributed by atoms with van der Waals surface area (Å²) in [4.78, 5) is 23.1. The van der Waals surface area contributed by atoms with E-state index in [2.05, 4.69) is 22.1 Å². The van der Waals surface area contributed by atoms with Crippen molar-refractivity contribution in [2.75, 3.05) is 14.1 Å². The first-order valence-corrected chi connectivity index (χ1v) is 8.38. The second-order valence-corrected chi connectivity index (χ2v) is 6.36. The SMILES string of the molecule is CN(C)C(=O)c1nc(-c2cn(Cc3ccccc3)cn2)n2ccccc12. The Kier molecular flexibility index (Phi) is 4.01. The third-order valence-corrected chi connectivity index (χ3v) is 4.23. The van der Waals surface area contributed by atoms with Gasteiger partial charge >= 0.3 is 0 Å². The Hall–Kier alpha value is -3.41. The molecule has 4 aromatic rings. The number of rotatable bonds is 4. The topological polar surface area (TPSA) is 55.4 Å². The zero-order valence-electron chi connectivity index (χ0n) is 14.7. The molecule has 0 aliphatic carbocycles. The number of carbonyl (C=O) groups is 1. The number of hydrogen-bond donors (Lipinski definition) is 0. The van der Waals surface area contributed by atoms with Gasteiger partial charge in [0.1, 0.15) is 5.69 Å². The summed E-state index contributed by atoms with van der Waals surface area (Å²) in [6, 6.07) is 15.9. The molecule has 26 heavy (non-hydrogen) atoms. The fourth-order valence-electron chi connectivity index (χ4n) is 2.94. The number of carbonyl (C=O) groups excluding carboxylic acids is 1. The number of pyridine rings is 1. The maximum Gasteiger partial charge on any atom is 0.274 e. The van der Waals surface area contributed by atoms with Crippen molar-refractivity contribution >= 4 is 11.4 Å². The van der Waals surface area contributed by atoms with Crippen molar-refractivity contribution in [1.29, 1.82) is 0 Å². The van der Waals surface area contributed by atoms with Crippen LogP contribution in [-0.4, -0.2) is 43.8 Å². The van der Waals surface area contributed by atoms with Crippen LogP contribution in [0.5, 0.6) is 0 Å². The van der Waals surface area contributed by atoms with Gasteiger partial charge in [-0.1, -0.05) is 36.4 Å². The molecule has 0 bridgehead atoms. The molecule has 130 valence electrons. The highest BCUT2D eigenvalue weighted by atomic mass is 16.2. The van der Waals surface area contributed by atoms with E-state index in [0.717, 1.165) is 17.8 Å². The monoisotopic (exact) mass is 345 g/mol. The summed E-state index contributed by atoms with van der Waals surface area (Å²) in [5, 5.41) is 0. The minimum atomic E-state index is -0.122. The van der Waals surface area contributed by atoms with Crippen LogP contribution in [0.15, 0.2) is 67.3 Å². The molecule has 1 aromatic carbocycles. The normalized spacial score (nSPS) is 11.0. The van der Waals surface area contributed by atoms with Gasteiger partial charge in [-0.2, -0.15) is 0 Å². The first-order valence-electron chi connectivity index (χ1n) is 8.38. The number of aromatic nitrogens is 4. The highest BCUT2D eigenvalue weighted by Crippen LogP contribution is 2.22. The van der Waals surface area contributed by atoms with E-state index >= 15 is 0 Å².